The zero-order valence-corrected chi connectivity index (χ0v) is 12.5. The number of fused-ring (bicyclic) bond motifs is 1. The average Bonchev–Trinajstić information content (AvgIpc) is 2.91. The Morgan fingerprint density at radius 3 is 2.33 bits per heavy atom. The molecule has 0 unspecified atom stereocenters. The van der Waals surface area contributed by atoms with Crippen molar-refractivity contribution >= 4 is 0 Å². The molecule has 6 rings (SSSR count). The van der Waals surface area contributed by atoms with Crippen LogP contribution in [0.25, 0.3) is 0 Å². The van der Waals surface area contributed by atoms with E-state index in [1.54, 1.807) is 0 Å². The fourth-order valence-corrected chi connectivity index (χ4v) is 5.83. The first-order valence-electron chi connectivity index (χ1n) is 8.51. The summed E-state index contributed by atoms with van der Waals surface area (Å²) in [6.45, 7) is 1.46. The fourth-order valence-electron chi connectivity index (χ4n) is 5.83. The van der Waals surface area contributed by atoms with Crippen molar-refractivity contribution in [2.24, 2.45) is 17.8 Å². The van der Waals surface area contributed by atoms with Crippen molar-refractivity contribution in [1.29, 1.82) is 0 Å². The zero-order valence-electron chi connectivity index (χ0n) is 12.5. The second-order valence-electron chi connectivity index (χ2n) is 7.88. The minimum Gasteiger partial charge on any atom is -0.454 e. The van der Waals surface area contributed by atoms with Crippen LogP contribution in [0, 0.1) is 17.8 Å². The van der Waals surface area contributed by atoms with Gasteiger partial charge in [0.1, 0.15) is 6.54 Å². The molecule has 0 amide bonds. The summed E-state index contributed by atoms with van der Waals surface area (Å²) in [5.74, 6) is 4.91. The number of benzene rings is 1. The lowest BCUT2D eigenvalue weighted by atomic mass is 9.53. The van der Waals surface area contributed by atoms with Gasteiger partial charge in [0.2, 0.25) is 6.79 Å². The van der Waals surface area contributed by atoms with Crippen LogP contribution in [0.15, 0.2) is 18.2 Å². The van der Waals surface area contributed by atoms with E-state index in [-0.39, 0.29) is 0 Å². The Labute approximate surface area is 126 Å². The van der Waals surface area contributed by atoms with Gasteiger partial charge in [-0.05, 0) is 55.2 Å². The van der Waals surface area contributed by atoms with Crippen molar-refractivity contribution in [3.63, 3.8) is 0 Å². The normalized spacial score (nSPS) is 39.0. The molecular weight excluding hydrogens is 262 g/mol. The summed E-state index contributed by atoms with van der Waals surface area (Å²) in [6, 6.07) is 6.43. The van der Waals surface area contributed by atoms with Gasteiger partial charge in [-0.25, -0.2) is 0 Å². The highest BCUT2D eigenvalue weighted by molar-refractivity contribution is 5.44. The minimum atomic E-state index is 0.372. The standard InChI is InChI=1S/C18H23NO2/c1-2-16-17(21-11-20-16)6-12(1)10-19-18-7-13-3-14(8-18)5-15(4-13)9-18/h1-2,6,13-15,19H,3-5,7-11H2/p+1. The van der Waals surface area contributed by atoms with E-state index in [2.05, 4.69) is 23.5 Å². The Bertz CT molecular complexity index is 533. The third-order valence-corrected chi connectivity index (χ3v) is 6.29. The van der Waals surface area contributed by atoms with E-state index in [9.17, 15) is 0 Å². The lowest BCUT2D eigenvalue weighted by Gasteiger charge is -2.54. The molecule has 3 nitrogen and oxygen atoms in total. The lowest BCUT2D eigenvalue weighted by molar-refractivity contribution is -0.752. The van der Waals surface area contributed by atoms with Crippen molar-refractivity contribution in [3.8, 4) is 11.5 Å². The maximum atomic E-state index is 5.50. The molecule has 0 atom stereocenters. The average molecular weight is 286 g/mol. The molecule has 4 saturated carbocycles. The zero-order chi connectivity index (χ0) is 13.9. The van der Waals surface area contributed by atoms with E-state index in [1.165, 1.54) is 44.1 Å². The number of hydrogen-bond acceptors (Lipinski definition) is 2. The van der Waals surface area contributed by atoms with E-state index in [0.29, 0.717) is 12.3 Å². The summed E-state index contributed by atoms with van der Waals surface area (Å²) in [5.41, 5.74) is 1.93. The summed E-state index contributed by atoms with van der Waals surface area (Å²) < 4.78 is 10.9. The SMILES string of the molecule is c1cc2c(cc1C[NH2+]C13CC4CC(CC(C4)C1)C3)OCO2. The smallest absolute Gasteiger partial charge is 0.231 e. The Morgan fingerprint density at radius 2 is 1.62 bits per heavy atom. The third kappa shape index (κ3) is 2.05. The third-order valence-electron chi connectivity index (χ3n) is 6.29. The summed E-state index contributed by atoms with van der Waals surface area (Å²) in [5, 5.41) is 2.66. The fraction of sp³-hybridized carbons (Fsp3) is 0.667. The van der Waals surface area contributed by atoms with E-state index < -0.39 is 0 Å². The first kappa shape index (κ1) is 12.3. The Morgan fingerprint density at radius 1 is 0.952 bits per heavy atom. The predicted molar refractivity (Wildman–Crippen MR) is 79.1 cm³/mol. The van der Waals surface area contributed by atoms with E-state index >= 15 is 0 Å². The number of rotatable bonds is 3. The minimum absolute atomic E-state index is 0.372. The quantitative estimate of drug-likeness (QED) is 0.926. The van der Waals surface area contributed by atoms with Crippen LogP contribution in [-0.4, -0.2) is 12.3 Å². The van der Waals surface area contributed by atoms with Gasteiger partial charge in [-0.2, -0.15) is 0 Å². The number of quaternary nitrogens is 1. The van der Waals surface area contributed by atoms with E-state index in [0.717, 1.165) is 35.8 Å². The van der Waals surface area contributed by atoms with Crippen LogP contribution in [-0.2, 0) is 6.54 Å². The van der Waals surface area contributed by atoms with Crippen LogP contribution in [0.1, 0.15) is 44.1 Å². The van der Waals surface area contributed by atoms with E-state index in [4.69, 9.17) is 9.47 Å². The maximum absolute atomic E-state index is 5.50. The molecule has 0 aromatic heterocycles. The summed E-state index contributed by atoms with van der Waals surface area (Å²) >= 11 is 0. The first-order valence-corrected chi connectivity index (χ1v) is 8.51. The summed E-state index contributed by atoms with van der Waals surface area (Å²) in [4.78, 5) is 0. The molecule has 0 spiro atoms. The van der Waals surface area contributed by atoms with Gasteiger partial charge < -0.3 is 14.8 Å². The monoisotopic (exact) mass is 286 g/mol. The van der Waals surface area contributed by atoms with Crippen molar-refractivity contribution in [3.05, 3.63) is 23.8 Å². The van der Waals surface area contributed by atoms with Crippen molar-refractivity contribution in [2.45, 2.75) is 50.6 Å². The van der Waals surface area contributed by atoms with Crippen LogP contribution in [0.4, 0.5) is 0 Å². The van der Waals surface area contributed by atoms with Crippen LogP contribution in [0.3, 0.4) is 0 Å². The molecule has 21 heavy (non-hydrogen) atoms. The number of hydrogen-bond donors (Lipinski definition) is 1. The highest BCUT2D eigenvalue weighted by atomic mass is 16.7. The molecule has 1 aromatic rings. The van der Waals surface area contributed by atoms with Gasteiger partial charge in [-0.1, -0.05) is 0 Å². The molecule has 0 radical (unpaired) electrons. The molecule has 0 saturated heterocycles. The predicted octanol–water partition coefficient (Wildman–Crippen LogP) is 2.45. The molecule has 112 valence electrons. The summed E-state index contributed by atoms with van der Waals surface area (Å²) in [6.07, 6.45) is 8.96. The molecule has 4 fully saturated rings. The molecule has 1 aliphatic heterocycles. The molecule has 5 aliphatic rings. The molecule has 4 aliphatic carbocycles. The highest BCUT2D eigenvalue weighted by Gasteiger charge is 2.53. The van der Waals surface area contributed by atoms with Gasteiger partial charge in [0.15, 0.2) is 11.5 Å². The molecule has 2 N–H and O–H groups in total. The molecule has 1 aromatic carbocycles. The Hall–Kier alpha value is -1.22. The van der Waals surface area contributed by atoms with Crippen molar-refractivity contribution < 1.29 is 14.8 Å². The van der Waals surface area contributed by atoms with E-state index in [1.807, 2.05) is 0 Å². The molecular formula is C18H24NO2+. The molecule has 4 bridgehead atoms. The second-order valence-corrected chi connectivity index (χ2v) is 7.88. The lowest BCUT2D eigenvalue weighted by Crippen LogP contribution is -2.97. The maximum Gasteiger partial charge on any atom is 0.231 e. The van der Waals surface area contributed by atoms with Gasteiger partial charge in [0, 0.05) is 24.8 Å². The summed E-state index contributed by atoms with van der Waals surface area (Å²) in [7, 11) is 0. The molecule has 3 heteroatoms. The number of nitrogens with two attached hydrogens (primary N) is 1. The topological polar surface area (TPSA) is 35.1 Å². The van der Waals surface area contributed by atoms with Crippen LogP contribution in [0.2, 0.25) is 0 Å². The molecule has 1 heterocycles. The van der Waals surface area contributed by atoms with Crippen LogP contribution >= 0.6 is 0 Å². The first-order chi connectivity index (χ1) is 10.3. The van der Waals surface area contributed by atoms with Crippen LogP contribution in [0.5, 0.6) is 11.5 Å². The van der Waals surface area contributed by atoms with Gasteiger partial charge in [-0.3, -0.25) is 0 Å². The van der Waals surface area contributed by atoms with Gasteiger partial charge >= 0.3 is 0 Å². The Balaban J connectivity index is 1.32. The van der Waals surface area contributed by atoms with Gasteiger partial charge in [0.05, 0.1) is 5.54 Å². The number of ether oxygens (including phenoxy) is 2. The van der Waals surface area contributed by atoms with Crippen molar-refractivity contribution in [2.75, 3.05) is 6.79 Å². The highest BCUT2D eigenvalue weighted by Crippen LogP contribution is 2.54. The van der Waals surface area contributed by atoms with Gasteiger partial charge in [-0.15, -0.1) is 0 Å². The second kappa shape index (κ2) is 4.39. The van der Waals surface area contributed by atoms with Crippen LogP contribution < -0.4 is 14.8 Å². The Kier molecular flexibility index (Phi) is 2.58. The van der Waals surface area contributed by atoms with Gasteiger partial charge in [0.25, 0.3) is 0 Å². The van der Waals surface area contributed by atoms with Crippen molar-refractivity contribution in [1.82, 2.24) is 0 Å². The largest absolute Gasteiger partial charge is 0.454 e.